The summed E-state index contributed by atoms with van der Waals surface area (Å²) in [5, 5.41) is 14.3. The van der Waals surface area contributed by atoms with E-state index in [1.54, 1.807) is 6.20 Å². The van der Waals surface area contributed by atoms with Crippen LogP contribution in [-0.2, 0) is 0 Å². The maximum atomic E-state index is 12.4. The van der Waals surface area contributed by atoms with Crippen molar-refractivity contribution in [1.82, 2.24) is 25.2 Å². The van der Waals surface area contributed by atoms with Gasteiger partial charge in [-0.25, -0.2) is 4.68 Å². The number of hydrogen-bond donors (Lipinski definition) is 2. The summed E-state index contributed by atoms with van der Waals surface area (Å²) in [5.41, 5.74) is 1.04. The second-order valence-electron chi connectivity index (χ2n) is 6.92. The highest BCUT2D eigenvalue weighted by Gasteiger charge is 2.18. The lowest BCUT2D eigenvalue weighted by atomic mass is 10.1. The summed E-state index contributed by atoms with van der Waals surface area (Å²) >= 11 is 0. The van der Waals surface area contributed by atoms with Crippen LogP contribution in [0.1, 0.15) is 43.2 Å². The first-order valence-corrected chi connectivity index (χ1v) is 10.1. The molecule has 3 rings (SSSR count). The Hall–Kier alpha value is -1.87. The van der Waals surface area contributed by atoms with Crippen LogP contribution in [0.15, 0.2) is 30.5 Å². The van der Waals surface area contributed by atoms with Gasteiger partial charge in [0.1, 0.15) is 12.4 Å². The van der Waals surface area contributed by atoms with E-state index in [1.807, 2.05) is 28.9 Å². The highest BCUT2D eigenvalue weighted by Crippen LogP contribution is 2.18. The molecule has 1 aliphatic heterocycles. The molecule has 0 radical (unpaired) electrons. The van der Waals surface area contributed by atoms with Gasteiger partial charge in [0.2, 0.25) is 0 Å². The normalized spacial score (nSPS) is 14.0. The molecular weight excluding hydrogens is 427 g/mol. The Morgan fingerprint density at radius 2 is 1.87 bits per heavy atom. The van der Waals surface area contributed by atoms with E-state index in [0.29, 0.717) is 24.0 Å². The largest absolute Gasteiger partial charge is 0.492 e. The first-order valence-electron chi connectivity index (χ1n) is 10.1. The van der Waals surface area contributed by atoms with Crippen molar-refractivity contribution in [3.8, 4) is 5.75 Å². The predicted octanol–water partition coefficient (Wildman–Crippen LogP) is 3.02. The first-order chi connectivity index (χ1) is 13.7. The summed E-state index contributed by atoms with van der Waals surface area (Å²) in [6, 6.07) is 7.71. The standard InChI is InChI=1S/C20H30N6O2.2ClH/c1-3-25(4-2)13-14-28-18-7-5-16(6-8-18)22-20(27)19-15-26(24-23-19)17-9-11-21-12-10-17;;/h5-8,15,17,21H,3-4,9-14H2,1-2H3,(H,22,27);2*1H. The van der Waals surface area contributed by atoms with E-state index in [4.69, 9.17) is 4.74 Å². The zero-order valence-electron chi connectivity index (χ0n) is 17.5. The van der Waals surface area contributed by atoms with E-state index in [0.717, 1.165) is 51.3 Å². The Kier molecular flexibility index (Phi) is 11.7. The topological polar surface area (TPSA) is 84.3 Å². The average molecular weight is 459 g/mol. The number of aromatic nitrogens is 3. The molecule has 2 N–H and O–H groups in total. The van der Waals surface area contributed by atoms with Crippen LogP contribution in [0, 0.1) is 0 Å². The van der Waals surface area contributed by atoms with Crippen LogP contribution < -0.4 is 15.4 Å². The van der Waals surface area contributed by atoms with E-state index in [9.17, 15) is 4.79 Å². The number of rotatable bonds is 9. The van der Waals surface area contributed by atoms with Crippen LogP contribution in [0.2, 0.25) is 0 Å². The Morgan fingerprint density at radius 1 is 1.20 bits per heavy atom. The molecule has 2 aromatic rings. The van der Waals surface area contributed by atoms with Crippen molar-refractivity contribution in [2.45, 2.75) is 32.7 Å². The minimum Gasteiger partial charge on any atom is -0.492 e. The van der Waals surface area contributed by atoms with Crippen LogP contribution >= 0.6 is 24.8 Å². The van der Waals surface area contributed by atoms with Crippen LogP contribution in [0.3, 0.4) is 0 Å². The Bertz CT molecular complexity index is 746. The van der Waals surface area contributed by atoms with Gasteiger partial charge < -0.3 is 20.3 Å². The van der Waals surface area contributed by atoms with E-state index >= 15 is 0 Å². The van der Waals surface area contributed by atoms with E-state index in [1.165, 1.54) is 0 Å². The molecule has 10 heteroatoms. The number of piperidine rings is 1. The van der Waals surface area contributed by atoms with Crippen LogP contribution in [-0.4, -0.2) is 65.1 Å². The number of likely N-dealkylation sites (N-methyl/N-ethyl adjacent to an activating group) is 1. The molecule has 0 aliphatic carbocycles. The number of benzene rings is 1. The molecule has 1 aliphatic rings. The molecule has 0 unspecified atom stereocenters. The van der Waals surface area contributed by atoms with Gasteiger partial charge in [0.25, 0.3) is 5.91 Å². The van der Waals surface area contributed by atoms with E-state index in [-0.39, 0.29) is 30.7 Å². The number of nitrogens with one attached hydrogen (secondary N) is 2. The fourth-order valence-corrected chi connectivity index (χ4v) is 3.29. The molecule has 168 valence electrons. The van der Waals surface area contributed by atoms with Crippen molar-refractivity contribution in [1.29, 1.82) is 0 Å². The van der Waals surface area contributed by atoms with Gasteiger partial charge in [-0.1, -0.05) is 19.1 Å². The third kappa shape index (κ3) is 7.43. The third-order valence-corrected chi connectivity index (χ3v) is 5.11. The Balaban J connectivity index is 0.00000225. The second-order valence-corrected chi connectivity index (χ2v) is 6.92. The van der Waals surface area contributed by atoms with Gasteiger partial charge in [-0.2, -0.15) is 0 Å². The number of amides is 1. The lowest BCUT2D eigenvalue weighted by Crippen LogP contribution is -2.29. The highest BCUT2D eigenvalue weighted by molar-refractivity contribution is 6.02. The van der Waals surface area contributed by atoms with Gasteiger partial charge >= 0.3 is 0 Å². The van der Waals surface area contributed by atoms with E-state index in [2.05, 4.69) is 39.7 Å². The molecule has 1 aromatic carbocycles. The zero-order valence-corrected chi connectivity index (χ0v) is 19.2. The minimum atomic E-state index is -0.254. The van der Waals surface area contributed by atoms with Crippen molar-refractivity contribution >= 4 is 36.4 Å². The summed E-state index contributed by atoms with van der Waals surface area (Å²) in [6.07, 6.45) is 3.73. The number of anilines is 1. The summed E-state index contributed by atoms with van der Waals surface area (Å²) in [5.74, 6) is 0.539. The monoisotopic (exact) mass is 458 g/mol. The Labute approximate surface area is 190 Å². The summed E-state index contributed by atoms with van der Waals surface area (Å²) in [7, 11) is 0. The maximum absolute atomic E-state index is 12.4. The van der Waals surface area contributed by atoms with Crippen LogP contribution in [0.4, 0.5) is 5.69 Å². The highest BCUT2D eigenvalue weighted by atomic mass is 35.5. The lowest BCUT2D eigenvalue weighted by molar-refractivity contribution is 0.102. The number of carbonyl (C=O) groups is 1. The van der Waals surface area contributed by atoms with Gasteiger partial charge in [0.05, 0.1) is 12.2 Å². The van der Waals surface area contributed by atoms with Gasteiger partial charge in [-0.15, -0.1) is 29.9 Å². The maximum Gasteiger partial charge on any atom is 0.277 e. The summed E-state index contributed by atoms with van der Waals surface area (Å²) < 4.78 is 7.58. The fraction of sp³-hybridized carbons (Fsp3) is 0.550. The third-order valence-electron chi connectivity index (χ3n) is 5.11. The number of halogens is 2. The number of hydrogen-bond acceptors (Lipinski definition) is 6. The quantitative estimate of drug-likeness (QED) is 0.600. The van der Waals surface area contributed by atoms with Gasteiger partial charge in [0, 0.05) is 12.2 Å². The molecule has 2 heterocycles. The van der Waals surface area contributed by atoms with Gasteiger partial charge in [-0.05, 0) is 63.3 Å². The molecule has 0 spiro atoms. The molecular formula is C20H32Cl2N6O2. The summed E-state index contributed by atoms with van der Waals surface area (Å²) in [6.45, 7) is 9.81. The molecule has 1 amide bonds. The second kappa shape index (κ2) is 13.4. The Morgan fingerprint density at radius 3 is 2.50 bits per heavy atom. The van der Waals surface area contributed by atoms with Gasteiger partial charge in [0.15, 0.2) is 5.69 Å². The van der Waals surface area contributed by atoms with Crippen molar-refractivity contribution in [2.75, 3.05) is 44.6 Å². The molecule has 8 nitrogen and oxygen atoms in total. The fourth-order valence-electron chi connectivity index (χ4n) is 3.29. The summed E-state index contributed by atoms with van der Waals surface area (Å²) in [4.78, 5) is 14.7. The molecule has 1 saturated heterocycles. The number of ether oxygens (including phenoxy) is 1. The number of carbonyl (C=O) groups excluding carboxylic acids is 1. The molecule has 0 atom stereocenters. The van der Waals surface area contributed by atoms with Crippen LogP contribution in [0.25, 0.3) is 0 Å². The average Bonchev–Trinajstić information content (AvgIpc) is 3.24. The number of nitrogens with zero attached hydrogens (tertiary/aromatic N) is 4. The lowest BCUT2D eigenvalue weighted by Gasteiger charge is -2.22. The predicted molar refractivity (Wildman–Crippen MR) is 123 cm³/mol. The van der Waals surface area contributed by atoms with E-state index < -0.39 is 0 Å². The van der Waals surface area contributed by atoms with Crippen molar-refractivity contribution in [2.24, 2.45) is 0 Å². The van der Waals surface area contributed by atoms with Crippen molar-refractivity contribution < 1.29 is 9.53 Å². The van der Waals surface area contributed by atoms with Crippen LogP contribution in [0.5, 0.6) is 5.75 Å². The van der Waals surface area contributed by atoms with Crippen molar-refractivity contribution in [3.63, 3.8) is 0 Å². The van der Waals surface area contributed by atoms with Crippen molar-refractivity contribution in [3.05, 3.63) is 36.2 Å². The zero-order chi connectivity index (χ0) is 19.8. The SMILES string of the molecule is CCN(CC)CCOc1ccc(NC(=O)c2cn(C3CCNCC3)nn2)cc1.Cl.Cl. The van der Waals surface area contributed by atoms with Gasteiger partial charge in [-0.3, -0.25) is 4.79 Å². The molecule has 1 aromatic heterocycles. The molecule has 30 heavy (non-hydrogen) atoms. The smallest absolute Gasteiger partial charge is 0.277 e. The molecule has 1 fully saturated rings. The minimum absolute atomic E-state index is 0. The molecule has 0 saturated carbocycles. The molecule has 0 bridgehead atoms. The first kappa shape index (κ1) is 26.2.